The molecule has 3 aliphatic rings. The van der Waals surface area contributed by atoms with Crippen molar-refractivity contribution in [3.8, 4) is 5.75 Å². The van der Waals surface area contributed by atoms with Gasteiger partial charge in [0.25, 0.3) is 0 Å². The number of likely N-dealkylation sites (tertiary alicyclic amines) is 1. The Labute approximate surface area is 178 Å². The van der Waals surface area contributed by atoms with E-state index >= 15 is 0 Å². The molecule has 160 valence electrons. The van der Waals surface area contributed by atoms with Gasteiger partial charge in [0, 0.05) is 37.9 Å². The Bertz CT molecular complexity index is 893. The summed E-state index contributed by atoms with van der Waals surface area (Å²) in [5, 5.41) is 4.30. The molecule has 0 N–H and O–H groups in total. The lowest BCUT2D eigenvalue weighted by Gasteiger charge is -2.55. The molecule has 2 bridgehead atoms. The van der Waals surface area contributed by atoms with Crippen LogP contribution in [0.15, 0.2) is 36.7 Å². The second-order valence-corrected chi connectivity index (χ2v) is 9.36. The van der Waals surface area contributed by atoms with Crippen LogP contribution in [0.3, 0.4) is 0 Å². The van der Waals surface area contributed by atoms with E-state index in [2.05, 4.69) is 39.2 Å². The van der Waals surface area contributed by atoms with Gasteiger partial charge in [-0.3, -0.25) is 14.4 Å². The number of methoxy groups -OCH3 is 1. The molecule has 3 fully saturated rings. The molecule has 3 aliphatic heterocycles. The number of hydrogen-bond donors (Lipinski definition) is 0. The van der Waals surface area contributed by atoms with Crippen LogP contribution in [0.2, 0.25) is 0 Å². The number of ether oxygens (including phenoxy) is 1. The molecule has 4 atom stereocenters. The fourth-order valence-electron chi connectivity index (χ4n) is 5.99. The highest BCUT2D eigenvalue weighted by Crippen LogP contribution is 2.44. The van der Waals surface area contributed by atoms with Gasteiger partial charge in [-0.15, -0.1) is 0 Å². The monoisotopic (exact) mass is 408 g/mol. The normalized spacial score (nSPS) is 28.8. The Hall–Kier alpha value is -2.34. The maximum atomic E-state index is 13.0. The first-order valence-corrected chi connectivity index (χ1v) is 11.3. The van der Waals surface area contributed by atoms with Crippen molar-refractivity contribution < 1.29 is 9.53 Å². The first-order valence-electron chi connectivity index (χ1n) is 11.3. The van der Waals surface area contributed by atoms with Crippen LogP contribution in [0.25, 0.3) is 0 Å². The maximum Gasteiger partial charge on any atom is 0.244 e. The zero-order valence-electron chi connectivity index (χ0n) is 18.0. The molecule has 1 aromatic carbocycles. The highest BCUT2D eigenvalue weighted by atomic mass is 16.5. The standard InChI is InChI=1S/C24H32N4O2/c1-17-11-25-27(12-17)16-24(29)26-13-18-10-20(15-26)23-5-3-4-22(28(23)14-18)19-6-8-21(30-2)9-7-19/h6-9,11-12,18,20,22-23H,3-5,10,13-16H2,1-2H3/t18-,20+,22+,23-/m0/s1. The molecule has 1 aromatic heterocycles. The Morgan fingerprint density at radius 3 is 2.73 bits per heavy atom. The van der Waals surface area contributed by atoms with E-state index in [1.54, 1.807) is 11.8 Å². The summed E-state index contributed by atoms with van der Waals surface area (Å²) in [4.78, 5) is 17.8. The minimum Gasteiger partial charge on any atom is -0.497 e. The molecular weight excluding hydrogens is 376 g/mol. The van der Waals surface area contributed by atoms with Crippen molar-refractivity contribution in [1.29, 1.82) is 0 Å². The lowest BCUT2D eigenvalue weighted by atomic mass is 9.74. The predicted molar refractivity (Wildman–Crippen MR) is 115 cm³/mol. The summed E-state index contributed by atoms with van der Waals surface area (Å²) >= 11 is 0. The number of piperidine rings is 3. The van der Waals surface area contributed by atoms with E-state index in [4.69, 9.17) is 4.74 Å². The van der Waals surface area contributed by atoms with Gasteiger partial charge in [0.15, 0.2) is 0 Å². The summed E-state index contributed by atoms with van der Waals surface area (Å²) < 4.78 is 7.12. The highest BCUT2D eigenvalue weighted by Gasteiger charge is 2.45. The van der Waals surface area contributed by atoms with Gasteiger partial charge in [0.2, 0.25) is 5.91 Å². The maximum absolute atomic E-state index is 13.0. The van der Waals surface area contributed by atoms with Crippen LogP contribution >= 0.6 is 0 Å². The molecule has 0 radical (unpaired) electrons. The van der Waals surface area contributed by atoms with E-state index < -0.39 is 0 Å². The van der Waals surface area contributed by atoms with E-state index in [1.165, 1.54) is 31.2 Å². The van der Waals surface area contributed by atoms with Gasteiger partial charge < -0.3 is 9.64 Å². The van der Waals surface area contributed by atoms with Crippen molar-refractivity contribution in [2.45, 2.75) is 51.2 Å². The molecule has 0 saturated carbocycles. The third-order valence-electron chi connectivity index (χ3n) is 7.30. The van der Waals surface area contributed by atoms with Crippen LogP contribution in [0.5, 0.6) is 5.75 Å². The van der Waals surface area contributed by atoms with Crippen molar-refractivity contribution in [2.75, 3.05) is 26.7 Å². The van der Waals surface area contributed by atoms with Gasteiger partial charge in [-0.1, -0.05) is 12.1 Å². The number of rotatable bonds is 4. The third-order valence-corrected chi connectivity index (χ3v) is 7.30. The summed E-state index contributed by atoms with van der Waals surface area (Å²) in [5.41, 5.74) is 2.50. The summed E-state index contributed by atoms with van der Waals surface area (Å²) in [6.45, 7) is 5.25. The van der Waals surface area contributed by atoms with Crippen LogP contribution in [0, 0.1) is 18.8 Å². The van der Waals surface area contributed by atoms with Crippen LogP contribution in [0.1, 0.15) is 42.9 Å². The van der Waals surface area contributed by atoms with Gasteiger partial charge in [-0.25, -0.2) is 0 Å². The number of nitrogens with zero attached hydrogens (tertiary/aromatic N) is 4. The van der Waals surface area contributed by atoms with Gasteiger partial charge >= 0.3 is 0 Å². The van der Waals surface area contributed by atoms with Crippen LogP contribution in [-0.2, 0) is 11.3 Å². The zero-order chi connectivity index (χ0) is 20.7. The number of hydrogen-bond acceptors (Lipinski definition) is 4. The quantitative estimate of drug-likeness (QED) is 0.779. The lowest BCUT2D eigenvalue weighted by Crippen LogP contribution is -2.60. The molecule has 4 heterocycles. The van der Waals surface area contributed by atoms with E-state index in [0.717, 1.165) is 30.9 Å². The smallest absolute Gasteiger partial charge is 0.244 e. The van der Waals surface area contributed by atoms with Gasteiger partial charge in [0.05, 0.1) is 13.3 Å². The molecule has 3 saturated heterocycles. The number of benzene rings is 1. The molecule has 0 spiro atoms. The molecule has 0 unspecified atom stereocenters. The number of carbonyl (C=O) groups excluding carboxylic acids is 1. The second-order valence-electron chi connectivity index (χ2n) is 9.36. The minimum absolute atomic E-state index is 0.212. The van der Waals surface area contributed by atoms with E-state index in [-0.39, 0.29) is 5.91 Å². The predicted octanol–water partition coefficient (Wildman–Crippen LogP) is 3.27. The molecule has 2 aromatic rings. The summed E-state index contributed by atoms with van der Waals surface area (Å²) in [6, 6.07) is 9.72. The Morgan fingerprint density at radius 1 is 1.17 bits per heavy atom. The van der Waals surface area contributed by atoms with Crippen LogP contribution in [-0.4, -0.2) is 58.3 Å². The molecule has 6 heteroatoms. The largest absolute Gasteiger partial charge is 0.497 e. The van der Waals surface area contributed by atoms with E-state index in [0.29, 0.717) is 30.5 Å². The average Bonchev–Trinajstić information content (AvgIpc) is 3.18. The van der Waals surface area contributed by atoms with E-state index in [9.17, 15) is 4.79 Å². The van der Waals surface area contributed by atoms with Crippen LogP contribution < -0.4 is 4.74 Å². The van der Waals surface area contributed by atoms with Crippen molar-refractivity contribution in [3.63, 3.8) is 0 Å². The Balaban J connectivity index is 1.29. The number of carbonyl (C=O) groups is 1. The molecule has 6 nitrogen and oxygen atoms in total. The molecule has 0 aliphatic carbocycles. The number of amides is 1. The van der Waals surface area contributed by atoms with Crippen molar-refractivity contribution >= 4 is 5.91 Å². The summed E-state index contributed by atoms with van der Waals surface area (Å²) in [7, 11) is 1.72. The Morgan fingerprint density at radius 2 is 2.00 bits per heavy atom. The zero-order valence-corrected chi connectivity index (χ0v) is 18.0. The van der Waals surface area contributed by atoms with Crippen molar-refractivity contribution in [3.05, 3.63) is 47.8 Å². The lowest BCUT2D eigenvalue weighted by molar-refractivity contribution is -0.139. The molecule has 30 heavy (non-hydrogen) atoms. The summed E-state index contributed by atoms with van der Waals surface area (Å²) in [6.07, 6.45) is 8.77. The number of aryl methyl sites for hydroxylation is 1. The first-order chi connectivity index (χ1) is 14.6. The highest BCUT2D eigenvalue weighted by molar-refractivity contribution is 5.76. The Kier molecular flexibility index (Phi) is 5.27. The molecule has 5 rings (SSSR count). The van der Waals surface area contributed by atoms with E-state index in [1.807, 2.05) is 19.3 Å². The SMILES string of the molecule is COc1ccc([C@H]2CCC[C@H]3[C@@H]4C[C@@H](CN(C(=O)Cn5cc(C)cn5)C4)CN23)cc1. The van der Waals surface area contributed by atoms with Gasteiger partial charge in [-0.05, 0) is 67.7 Å². The summed E-state index contributed by atoms with van der Waals surface area (Å²) in [5.74, 6) is 2.29. The molecule has 1 amide bonds. The number of aromatic nitrogens is 2. The van der Waals surface area contributed by atoms with Crippen LogP contribution in [0.4, 0.5) is 0 Å². The third kappa shape index (κ3) is 3.73. The number of fused-ring (bicyclic) bond motifs is 4. The fraction of sp³-hybridized carbons (Fsp3) is 0.583. The minimum atomic E-state index is 0.212. The van der Waals surface area contributed by atoms with Crippen molar-refractivity contribution in [1.82, 2.24) is 19.6 Å². The second kappa shape index (κ2) is 8.06. The topological polar surface area (TPSA) is 50.6 Å². The fourth-order valence-corrected chi connectivity index (χ4v) is 5.99. The van der Waals surface area contributed by atoms with Gasteiger partial charge in [0.1, 0.15) is 12.3 Å². The molecular formula is C24H32N4O2. The first kappa shape index (κ1) is 19.6. The van der Waals surface area contributed by atoms with Gasteiger partial charge in [-0.2, -0.15) is 5.10 Å². The average molecular weight is 409 g/mol. The van der Waals surface area contributed by atoms with Crippen molar-refractivity contribution in [2.24, 2.45) is 11.8 Å².